The fourth-order valence-corrected chi connectivity index (χ4v) is 2.02. The Morgan fingerprint density at radius 3 is 3.00 bits per heavy atom. The van der Waals surface area contributed by atoms with E-state index in [1.807, 2.05) is 18.2 Å². The van der Waals surface area contributed by atoms with Crippen LogP contribution in [0.15, 0.2) is 29.1 Å². The van der Waals surface area contributed by atoms with Gasteiger partial charge in [0.15, 0.2) is 0 Å². The van der Waals surface area contributed by atoms with Gasteiger partial charge < -0.3 is 21.0 Å². The Kier molecular flexibility index (Phi) is 3.40. The van der Waals surface area contributed by atoms with Gasteiger partial charge in [-0.05, 0) is 25.5 Å². The Labute approximate surface area is 89.7 Å². The highest BCUT2D eigenvalue weighted by Crippen LogP contribution is 2.13. The van der Waals surface area contributed by atoms with E-state index in [4.69, 9.17) is 0 Å². The van der Waals surface area contributed by atoms with Crippen molar-refractivity contribution in [2.45, 2.75) is 25.3 Å². The van der Waals surface area contributed by atoms with E-state index in [0.717, 1.165) is 25.2 Å². The molecule has 4 heteroatoms. The van der Waals surface area contributed by atoms with Crippen LogP contribution in [0, 0.1) is 5.21 Å². The van der Waals surface area contributed by atoms with E-state index in [1.165, 1.54) is 12.8 Å². The zero-order valence-electron chi connectivity index (χ0n) is 8.70. The Hall–Kier alpha value is -1.29. The van der Waals surface area contributed by atoms with Gasteiger partial charge in [0.1, 0.15) is 0 Å². The molecule has 2 rings (SSSR count). The number of nitrogens with one attached hydrogen (secondary N) is 2. The molecule has 0 saturated carbocycles. The van der Waals surface area contributed by atoms with Crippen LogP contribution in [0.25, 0.3) is 0 Å². The Bertz CT molecular complexity index is 301. The van der Waals surface area contributed by atoms with Gasteiger partial charge in [-0.25, -0.2) is 0 Å². The molecule has 0 bridgehead atoms. The highest BCUT2D eigenvalue weighted by molar-refractivity contribution is 6.04. The lowest BCUT2D eigenvalue weighted by Gasteiger charge is -2.28. The molecule has 0 aromatic carbocycles. The van der Waals surface area contributed by atoms with Crippen LogP contribution in [0.4, 0.5) is 0 Å². The molecule has 4 nitrogen and oxygen atoms in total. The molecule has 2 N–H and O–H groups in total. The van der Waals surface area contributed by atoms with E-state index in [1.54, 1.807) is 0 Å². The fourth-order valence-electron chi connectivity index (χ4n) is 2.02. The maximum Gasteiger partial charge on any atom is 0.0694 e. The molecule has 0 aliphatic carbocycles. The highest BCUT2D eigenvalue weighted by atomic mass is 16.4. The summed E-state index contributed by atoms with van der Waals surface area (Å²) < 4.78 is 0. The molecule has 2 aliphatic rings. The third-order valence-electron chi connectivity index (χ3n) is 2.82. The van der Waals surface area contributed by atoms with E-state index in [9.17, 15) is 5.21 Å². The molecule has 0 aromatic heterocycles. The first-order valence-corrected chi connectivity index (χ1v) is 5.46. The van der Waals surface area contributed by atoms with Crippen molar-refractivity contribution in [1.82, 2.24) is 10.6 Å². The predicted octanol–water partition coefficient (Wildman–Crippen LogP) is 1.11. The third-order valence-corrected chi connectivity index (χ3v) is 2.82. The standard InChI is InChI=1S/C11H17N3O/c15-14-11(9-5-1-3-7-12-9)10-6-2-4-8-13-10/h1,3,5,10,12-13,15H,2,4,6-8H2/p-1. The molecule has 2 aliphatic heterocycles. The minimum Gasteiger partial charge on any atom is -0.792 e. The molecule has 15 heavy (non-hydrogen) atoms. The van der Waals surface area contributed by atoms with E-state index in [-0.39, 0.29) is 6.04 Å². The normalized spacial score (nSPS) is 27.1. The van der Waals surface area contributed by atoms with E-state index >= 15 is 0 Å². The summed E-state index contributed by atoms with van der Waals surface area (Å²) in [6.07, 6.45) is 9.25. The van der Waals surface area contributed by atoms with Gasteiger partial charge in [-0.2, -0.15) is 0 Å². The molecule has 0 spiro atoms. The summed E-state index contributed by atoms with van der Waals surface area (Å²) in [4.78, 5) is 0. The molecule has 1 unspecified atom stereocenters. The Balaban J connectivity index is 2.09. The number of hydrogen-bond donors (Lipinski definition) is 2. The van der Waals surface area contributed by atoms with Gasteiger partial charge in [0, 0.05) is 6.54 Å². The summed E-state index contributed by atoms with van der Waals surface area (Å²) in [5.74, 6) is 0. The molecule has 0 amide bonds. The molecule has 82 valence electrons. The number of piperidine rings is 1. The smallest absolute Gasteiger partial charge is 0.0694 e. The van der Waals surface area contributed by atoms with E-state index in [0.29, 0.717) is 5.71 Å². The molecular formula is C11H16N3O-. The lowest BCUT2D eigenvalue weighted by atomic mass is 9.98. The second-order valence-corrected chi connectivity index (χ2v) is 3.87. The van der Waals surface area contributed by atoms with E-state index < -0.39 is 0 Å². The number of nitrogens with zero attached hydrogens (tertiary/aromatic N) is 1. The SMILES string of the molecule is [O-]N=C(C1=CC=CCN1)C1CCCCN1. The molecule has 1 fully saturated rings. The van der Waals surface area contributed by atoms with Gasteiger partial charge in [-0.3, -0.25) is 0 Å². The van der Waals surface area contributed by atoms with Gasteiger partial charge >= 0.3 is 0 Å². The van der Waals surface area contributed by atoms with Gasteiger partial charge in [0.25, 0.3) is 0 Å². The van der Waals surface area contributed by atoms with Crippen LogP contribution in [-0.4, -0.2) is 24.8 Å². The van der Waals surface area contributed by atoms with Crippen LogP contribution in [-0.2, 0) is 0 Å². The van der Waals surface area contributed by atoms with Crippen LogP contribution in [0.2, 0.25) is 0 Å². The van der Waals surface area contributed by atoms with Crippen molar-refractivity contribution in [3.63, 3.8) is 0 Å². The number of hydrogen-bond acceptors (Lipinski definition) is 4. The summed E-state index contributed by atoms with van der Waals surface area (Å²) in [6, 6.07) is 0.126. The number of rotatable bonds is 2. The molecule has 2 heterocycles. The summed E-state index contributed by atoms with van der Waals surface area (Å²) >= 11 is 0. The minimum absolute atomic E-state index is 0.126. The van der Waals surface area contributed by atoms with Gasteiger partial charge in [0.05, 0.1) is 17.5 Å². The summed E-state index contributed by atoms with van der Waals surface area (Å²) in [5, 5.41) is 20.5. The average molecular weight is 206 g/mol. The van der Waals surface area contributed by atoms with Crippen molar-refractivity contribution in [1.29, 1.82) is 0 Å². The second-order valence-electron chi connectivity index (χ2n) is 3.87. The monoisotopic (exact) mass is 206 g/mol. The summed E-state index contributed by atoms with van der Waals surface area (Å²) in [7, 11) is 0. The predicted molar refractivity (Wildman–Crippen MR) is 61.7 cm³/mol. The van der Waals surface area contributed by atoms with Crippen molar-refractivity contribution in [2.75, 3.05) is 13.1 Å². The van der Waals surface area contributed by atoms with Crippen LogP contribution in [0.5, 0.6) is 0 Å². The first-order chi connectivity index (χ1) is 7.42. The van der Waals surface area contributed by atoms with Crippen LogP contribution >= 0.6 is 0 Å². The summed E-state index contributed by atoms with van der Waals surface area (Å²) in [6.45, 7) is 1.75. The minimum atomic E-state index is 0.126. The molecule has 1 saturated heterocycles. The molecular weight excluding hydrogens is 190 g/mol. The van der Waals surface area contributed by atoms with Crippen LogP contribution in [0.3, 0.4) is 0 Å². The average Bonchev–Trinajstić information content (AvgIpc) is 2.33. The van der Waals surface area contributed by atoms with Crippen molar-refractivity contribution in [3.05, 3.63) is 29.1 Å². The topological polar surface area (TPSA) is 59.5 Å². The summed E-state index contributed by atoms with van der Waals surface area (Å²) in [5.41, 5.74) is 1.49. The van der Waals surface area contributed by atoms with Crippen molar-refractivity contribution < 1.29 is 0 Å². The second kappa shape index (κ2) is 4.98. The maximum absolute atomic E-state index is 10.9. The van der Waals surface area contributed by atoms with Crippen molar-refractivity contribution in [2.24, 2.45) is 5.16 Å². The van der Waals surface area contributed by atoms with Crippen molar-refractivity contribution in [3.8, 4) is 0 Å². The van der Waals surface area contributed by atoms with Crippen molar-refractivity contribution >= 4 is 5.71 Å². The Morgan fingerprint density at radius 1 is 1.47 bits per heavy atom. The zero-order valence-corrected chi connectivity index (χ0v) is 8.70. The zero-order chi connectivity index (χ0) is 10.5. The number of dihydropyridines is 1. The van der Waals surface area contributed by atoms with Gasteiger partial charge in [0.2, 0.25) is 0 Å². The quantitative estimate of drug-likeness (QED) is 0.525. The lowest BCUT2D eigenvalue weighted by Crippen LogP contribution is -2.43. The maximum atomic E-state index is 10.9. The first-order valence-electron chi connectivity index (χ1n) is 5.46. The first kappa shape index (κ1) is 10.2. The van der Waals surface area contributed by atoms with Gasteiger partial charge in [-0.1, -0.05) is 18.6 Å². The largest absolute Gasteiger partial charge is 0.792 e. The fraction of sp³-hybridized carbons (Fsp3) is 0.545. The lowest BCUT2D eigenvalue weighted by molar-refractivity contribution is 0.470. The molecule has 1 atom stereocenters. The molecule has 0 aromatic rings. The van der Waals surface area contributed by atoms with Gasteiger partial charge in [-0.15, -0.1) is 0 Å². The molecule has 0 radical (unpaired) electrons. The highest BCUT2D eigenvalue weighted by Gasteiger charge is 2.20. The van der Waals surface area contributed by atoms with E-state index in [2.05, 4.69) is 15.8 Å². The third kappa shape index (κ3) is 2.39. The van der Waals surface area contributed by atoms with Crippen LogP contribution in [0.1, 0.15) is 19.3 Å². The van der Waals surface area contributed by atoms with Crippen LogP contribution < -0.4 is 10.6 Å². The Morgan fingerprint density at radius 2 is 2.40 bits per heavy atom. The number of allylic oxidation sites excluding steroid dienone is 2.